The van der Waals surface area contributed by atoms with Crippen molar-refractivity contribution in [3.63, 3.8) is 0 Å². The van der Waals surface area contributed by atoms with Crippen molar-refractivity contribution in [2.45, 2.75) is 25.7 Å². The van der Waals surface area contributed by atoms with Gasteiger partial charge in [-0.15, -0.1) is 10.2 Å². The molecule has 6 rings (SSSR count). The Hall–Kier alpha value is -4.00. The zero-order chi connectivity index (χ0) is 22.4. The summed E-state index contributed by atoms with van der Waals surface area (Å²) in [6.07, 6.45) is 3.77. The van der Waals surface area contributed by atoms with Crippen molar-refractivity contribution in [3.8, 4) is 5.69 Å². The molecule has 7 nitrogen and oxygen atoms in total. The van der Waals surface area contributed by atoms with Crippen LogP contribution in [0, 0.1) is 6.92 Å². The molecule has 164 valence electrons. The van der Waals surface area contributed by atoms with Gasteiger partial charge in [0.2, 0.25) is 0 Å². The summed E-state index contributed by atoms with van der Waals surface area (Å²) in [5.74, 6) is 2.26. The molecular weight excluding hydrogens is 412 g/mol. The van der Waals surface area contributed by atoms with Crippen molar-refractivity contribution in [2.75, 3.05) is 13.1 Å². The molecule has 1 saturated heterocycles. The third kappa shape index (κ3) is 3.36. The van der Waals surface area contributed by atoms with Gasteiger partial charge in [0.25, 0.3) is 5.91 Å². The summed E-state index contributed by atoms with van der Waals surface area (Å²) < 4.78 is 4.18. The molecule has 0 spiro atoms. The Kier molecular flexibility index (Phi) is 4.68. The lowest BCUT2D eigenvalue weighted by atomic mass is 9.95. The first kappa shape index (κ1) is 19.7. The number of rotatable bonds is 3. The van der Waals surface area contributed by atoms with E-state index >= 15 is 0 Å². The van der Waals surface area contributed by atoms with E-state index < -0.39 is 0 Å². The van der Waals surface area contributed by atoms with Gasteiger partial charge in [0.1, 0.15) is 11.6 Å². The summed E-state index contributed by atoms with van der Waals surface area (Å²) >= 11 is 0. The van der Waals surface area contributed by atoms with Crippen LogP contribution in [0.15, 0.2) is 72.9 Å². The van der Waals surface area contributed by atoms with Crippen LogP contribution in [-0.2, 0) is 0 Å². The van der Waals surface area contributed by atoms with Crippen molar-refractivity contribution in [2.24, 2.45) is 0 Å². The molecule has 1 aliphatic rings. The molecule has 1 aliphatic heterocycles. The fourth-order valence-corrected chi connectivity index (χ4v) is 4.90. The number of piperidine rings is 1. The Labute approximate surface area is 191 Å². The molecule has 1 fully saturated rings. The number of carbonyl (C=O) groups is 1. The minimum atomic E-state index is 0.0633. The Morgan fingerprint density at radius 3 is 2.55 bits per heavy atom. The molecule has 0 bridgehead atoms. The number of imidazole rings is 1. The first-order valence-electron chi connectivity index (χ1n) is 11.3. The molecule has 0 aliphatic carbocycles. The summed E-state index contributed by atoms with van der Waals surface area (Å²) in [7, 11) is 0. The summed E-state index contributed by atoms with van der Waals surface area (Å²) in [4.78, 5) is 19.9. The number of aromatic nitrogens is 5. The van der Waals surface area contributed by atoms with E-state index in [0.29, 0.717) is 24.6 Å². The van der Waals surface area contributed by atoms with Gasteiger partial charge in [-0.3, -0.25) is 13.8 Å². The Balaban J connectivity index is 1.22. The molecule has 5 aromatic rings. The average molecular weight is 437 g/mol. The van der Waals surface area contributed by atoms with E-state index in [2.05, 4.69) is 31.3 Å². The molecular formula is C26H24N6O. The molecule has 0 radical (unpaired) electrons. The van der Waals surface area contributed by atoms with E-state index in [1.807, 2.05) is 72.6 Å². The number of pyridine rings is 1. The largest absolute Gasteiger partial charge is 0.339 e. The minimum absolute atomic E-state index is 0.0633. The maximum absolute atomic E-state index is 13.3. The quantitative estimate of drug-likeness (QED) is 0.421. The lowest BCUT2D eigenvalue weighted by Crippen LogP contribution is -2.38. The van der Waals surface area contributed by atoms with Crippen molar-refractivity contribution in [1.29, 1.82) is 0 Å². The van der Waals surface area contributed by atoms with Crippen molar-refractivity contribution in [3.05, 3.63) is 90.1 Å². The highest BCUT2D eigenvalue weighted by Crippen LogP contribution is 2.29. The van der Waals surface area contributed by atoms with E-state index in [4.69, 9.17) is 4.98 Å². The van der Waals surface area contributed by atoms with Crippen LogP contribution in [0.5, 0.6) is 0 Å². The van der Waals surface area contributed by atoms with Gasteiger partial charge in [-0.05, 0) is 62.2 Å². The monoisotopic (exact) mass is 436 g/mol. The molecule has 1 amide bonds. The standard InChI is InChI=1S/C26H24N6O/c1-18-27-22-17-20(10-11-23(22)32(18)21-7-3-2-4-8-21)26(33)30-15-12-19(13-16-30)25-29-28-24-9-5-6-14-31(24)25/h2-11,14,17,19H,12-13,15-16H2,1H3. The van der Waals surface area contributed by atoms with Crippen LogP contribution in [0.2, 0.25) is 0 Å². The van der Waals surface area contributed by atoms with Gasteiger partial charge < -0.3 is 4.90 Å². The van der Waals surface area contributed by atoms with Crippen LogP contribution < -0.4 is 0 Å². The Morgan fingerprint density at radius 1 is 0.939 bits per heavy atom. The number of aryl methyl sites for hydroxylation is 1. The number of amides is 1. The third-order valence-electron chi connectivity index (χ3n) is 6.57. The number of benzene rings is 2. The smallest absolute Gasteiger partial charge is 0.253 e. The maximum Gasteiger partial charge on any atom is 0.253 e. The van der Waals surface area contributed by atoms with Crippen LogP contribution in [0.4, 0.5) is 0 Å². The van der Waals surface area contributed by atoms with Crippen LogP contribution in [0.1, 0.15) is 40.8 Å². The Morgan fingerprint density at radius 2 is 1.73 bits per heavy atom. The highest BCUT2D eigenvalue weighted by atomic mass is 16.2. The van der Waals surface area contributed by atoms with Gasteiger partial charge in [-0.1, -0.05) is 24.3 Å². The predicted molar refractivity (Wildman–Crippen MR) is 127 cm³/mol. The zero-order valence-electron chi connectivity index (χ0n) is 18.4. The van der Waals surface area contributed by atoms with Crippen LogP contribution in [-0.4, -0.2) is 48.0 Å². The second-order valence-electron chi connectivity index (χ2n) is 8.59. The van der Waals surface area contributed by atoms with Gasteiger partial charge in [0, 0.05) is 36.5 Å². The van der Waals surface area contributed by atoms with E-state index in [-0.39, 0.29) is 5.91 Å². The lowest BCUT2D eigenvalue weighted by Gasteiger charge is -2.31. The molecule has 0 N–H and O–H groups in total. The van der Waals surface area contributed by atoms with Crippen LogP contribution in [0.25, 0.3) is 22.4 Å². The van der Waals surface area contributed by atoms with Gasteiger partial charge in [-0.25, -0.2) is 4.98 Å². The number of hydrogen-bond donors (Lipinski definition) is 0. The average Bonchev–Trinajstić information content (AvgIpc) is 3.44. The van der Waals surface area contributed by atoms with E-state index in [1.165, 1.54) is 0 Å². The Bertz CT molecular complexity index is 1460. The first-order valence-corrected chi connectivity index (χ1v) is 11.3. The zero-order valence-corrected chi connectivity index (χ0v) is 18.4. The van der Waals surface area contributed by atoms with Crippen LogP contribution in [0.3, 0.4) is 0 Å². The summed E-state index contributed by atoms with van der Waals surface area (Å²) in [5.41, 5.74) is 4.47. The van der Waals surface area contributed by atoms with Gasteiger partial charge in [0.05, 0.1) is 11.0 Å². The number of fused-ring (bicyclic) bond motifs is 2. The van der Waals surface area contributed by atoms with Crippen molar-refractivity contribution in [1.82, 2.24) is 29.0 Å². The highest BCUT2D eigenvalue weighted by Gasteiger charge is 2.27. The topological polar surface area (TPSA) is 68.3 Å². The van der Waals surface area contributed by atoms with Crippen molar-refractivity contribution < 1.29 is 4.79 Å². The number of hydrogen-bond acceptors (Lipinski definition) is 4. The molecule has 3 aromatic heterocycles. The lowest BCUT2D eigenvalue weighted by molar-refractivity contribution is 0.0711. The molecule has 2 aromatic carbocycles. The normalized spacial score (nSPS) is 14.9. The van der Waals surface area contributed by atoms with Crippen LogP contribution >= 0.6 is 0 Å². The summed E-state index contributed by atoms with van der Waals surface area (Å²) in [5, 5.41) is 8.69. The van der Waals surface area contributed by atoms with Crippen molar-refractivity contribution >= 4 is 22.6 Å². The fourth-order valence-electron chi connectivity index (χ4n) is 4.90. The number of para-hydroxylation sites is 1. The second-order valence-corrected chi connectivity index (χ2v) is 8.59. The summed E-state index contributed by atoms with van der Waals surface area (Å²) in [6.45, 7) is 3.41. The van der Waals surface area contributed by atoms with E-state index in [0.717, 1.165) is 46.9 Å². The molecule has 7 heteroatoms. The maximum atomic E-state index is 13.3. The van der Waals surface area contributed by atoms with Gasteiger partial charge >= 0.3 is 0 Å². The van der Waals surface area contributed by atoms with E-state index in [9.17, 15) is 4.79 Å². The molecule has 33 heavy (non-hydrogen) atoms. The van der Waals surface area contributed by atoms with Gasteiger partial charge in [-0.2, -0.15) is 0 Å². The van der Waals surface area contributed by atoms with E-state index in [1.54, 1.807) is 0 Å². The second kappa shape index (κ2) is 7.85. The third-order valence-corrected chi connectivity index (χ3v) is 6.57. The summed E-state index contributed by atoms with van der Waals surface area (Å²) in [6, 6.07) is 21.9. The van der Waals surface area contributed by atoms with Gasteiger partial charge in [0.15, 0.2) is 5.65 Å². The first-order chi connectivity index (χ1) is 16.2. The SMILES string of the molecule is Cc1nc2cc(C(=O)N3CCC(c4nnc5ccccn45)CC3)ccc2n1-c1ccccc1. The highest BCUT2D eigenvalue weighted by molar-refractivity contribution is 5.97. The fraction of sp³-hybridized carbons (Fsp3) is 0.231. The number of carbonyl (C=O) groups excluding carboxylic acids is 1. The molecule has 0 unspecified atom stereocenters. The molecule has 0 atom stereocenters. The molecule has 0 saturated carbocycles. The molecule has 4 heterocycles. The predicted octanol–water partition coefficient (Wildman–Crippen LogP) is 4.40. The number of likely N-dealkylation sites (tertiary alicyclic amines) is 1. The number of nitrogens with zero attached hydrogens (tertiary/aromatic N) is 6. The minimum Gasteiger partial charge on any atom is -0.339 e.